The van der Waals surface area contributed by atoms with Gasteiger partial charge in [-0.2, -0.15) is 0 Å². The van der Waals surface area contributed by atoms with Crippen LogP contribution in [0.4, 0.5) is 0 Å². The predicted molar refractivity (Wildman–Crippen MR) is 48.7 cm³/mol. The van der Waals surface area contributed by atoms with Crippen molar-refractivity contribution in [3.8, 4) is 0 Å². The van der Waals surface area contributed by atoms with Gasteiger partial charge in [0.15, 0.2) is 0 Å². The molecule has 1 fully saturated rings. The Labute approximate surface area is 70.0 Å². The monoisotopic (exact) mass is 156 g/mol. The van der Waals surface area contributed by atoms with Gasteiger partial charge in [0, 0.05) is 19.1 Å². The molecule has 1 heterocycles. The zero-order valence-electron chi connectivity index (χ0n) is 7.93. The number of likely N-dealkylation sites (tertiary alicyclic amines) is 1. The lowest BCUT2D eigenvalue weighted by atomic mass is 9.96. The molecule has 1 aliphatic rings. The summed E-state index contributed by atoms with van der Waals surface area (Å²) in [6.45, 7) is 8.10. The van der Waals surface area contributed by atoms with Crippen LogP contribution in [-0.2, 0) is 0 Å². The average Bonchev–Trinajstić information content (AvgIpc) is 1.85. The van der Waals surface area contributed by atoms with Gasteiger partial charge in [0.05, 0.1) is 0 Å². The van der Waals surface area contributed by atoms with E-state index in [1.54, 1.807) is 0 Å². The van der Waals surface area contributed by atoms with Crippen LogP contribution in [0.2, 0.25) is 0 Å². The second-order valence-corrected chi connectivity index (χ2v) is 3.82. The first-order valence-electron chi connectivity index (χ1n) is 4.64. The molecule has 0 aromatic heterocycles. The third-order valence-electron chi connectivity index (χ3n) is 2.34. The molecule has 66 valence electrons. The SMILES string of the molecule is CCNC1CC(C)CN(C)C1. The molecule has 1 saturated heterocycles. The summed E-state index contributed by atoms with van der Waals surface area (Å²) in [6.07, 6.45) is 1.35. The molecule has 1 aliphatic heterocycles. The van der Waals surface area contributed by atoms with Crippen molar-refractivity contribution in [2.75, 3.05) is 26.7 Å². The fourth-order valence-electron chi connectivity index (χ4n) is 2.05. The van der Waals surface area contributed by atoms with Crippen LogP contribution in [0.5, 0.6) is 0 Å². The van der Waals surface area contributed by atoms with E-state index < -0.39 is 0 Å². The van der Waals surface area contributed by atoms with Gasteiger partial charge in [-0.25, -0.2) is 0 Å². The minimum atomic E-state index is 0.730. The van der Waals surface area contributed by atoms with Crippen molar-refractivity contribution in [1.82, 2.24) is 10.2 Å². The van der Waals surface area contributed by atoms with Crippen LogP contribution < -0.4 is 5.32 Å². The summed E-state index contributed by atoms with van der Waals surface area (Å²) in [6, 6.07) is 0.730. The van der Waals surface area contributed by atoms with E-state index in [0.29, 0.717) is 0 Å². The highest BCUT2D eigenvalue weighted by Crippen LogP contribution is 2.14. The Balaban J connectivity index is 2.30. The van der Waals surface area contributed by atoms with Crippen LogP contribution in [0.3, 0.4) is 0 Å². The molecule has 0 aliphatic carbocycles. The van der Waals surface area contributed by atoms with Crippen LogP contribution in [0.25, 0.3) is 0 Å². The molecule has 2 nitrogen and oxygen atoms in total. The summed E-state index contributed by atoms with van der Waals surface area (Å²) >= 11 is 0. The Morgan fingerprint density at radius 1 is 1.45 bits per heavy atom. The van der Waals surface area contributed by atoms with Crippen LogP contribution in [0.1, 0.15) is 20.3 Å². The van der Waals surface area contributed by atoms with Crippen molar-refractivity contribution in [2.45, 2.75) is 26.3 Å². The van der Waals surface area contributed by atoms with E-state index in [1.165, 1.54) is 19.5 Å². The zero-order chi connectivity index (χ0) is 8.27. The van der Waals surface area contributed by atoms with Crippen LogP contribution >= 0.6 is 0 Å². The van der Waals surface area contributed by atoms with Crippen molar-refractivity contribution in [3.63, 3.8) is 0 Å². The summed E-state index contributed by atoms with van der Waals surface area (Å²) in [5, 5.41) is 3.50. The Morgan fingerprint density at radius 2 is 2.18 bits per heavy atom. The second kappa shape index (κ2) is 4.07. The molecular weight excluding hydrogens is 136 g/mol. The molecule has 0 amide bonds. The minimum Gasteiger partial charge on any atom is -0.313 e. The fraction of sp³-hybridized carbons (Fsp3) is 1.00. The average molecular weight is 156 g/mol. The van der Waals surface area contributed by atoms with E-state index in [0.717, 1.165) is 18.5 Å². The highest BCUT2D eigenvalue weighted by atomic mass is 15.1. The number of piperidine rings is 1. The molecule has 0 saturated carbocycles. The van der Waals surface area contributed by atoms with Gasteiger partial charge in [0.2, 0.25) is 0 Å². The van der Waals surface area contributed by atoms with E-state index in [9.17, 15) is 0 Å². The van der Waals surface area contributed by atoms with Crippen molar-refractivity contribution in [3.05, 3.63) is 0 Å². The normalized spacial score (nSPS) is 34.1. The third-order valence-corrected chi connectivity index (χ3v) is 2.34. The lowest BCUT2D eigenvalue weighted by molar-refractivity contribution is 0.180. The van der Waals surface area contributed by atoms with Gasteiger partial charge in [0.1, 0.15) is 0 Å². The predicted octanol–water partition coefficient (Wildman–Crippen LogP) is 0.936. The first-order chi connectivity index (χ1) is 5.22. The molecule has 1 rings (SSSR count). The van der Waals surface area contributed by atoms with Gasteiger partial charge in [-0.3, -0.25) is 0 Å². The summed E-state index contributed by atoms with van der Waals surface area (Å²) in [7, 11) is 2.21. The van der Waals surface area contributed by atoms with Gasteiger partial charge < -0.3 is 10.2 Å². The number of nitrogens with zero attached hydrogens (tertiary/aromatic N) is 1. The first kappa shape index (κ1) is 9.01. The van der Waals surface area contributed by atoms with Crippen molar-refractivity contribution in [1.29, 1.82) is 0 Å². The minimum absolute atomic E-state index is 0.730. The summed E-state index contributed by atoms with van der Waals surface area (Å²) in [4.78, 5) is 2.42. The quantitative estimate of drug-likeness (QED) is 0.640. The standard InChI is InChI=1S/C9H20N2/c1-4-10-9-5-8(2)6-11(3)7-9/h8-10H,4-7H2,1-3H3. The lowest BCUT2D eigenvalue weighted by Crippen LogP contribution is -2.46. The number of likely N-dealkylation sites (N-methyl/N-ethyl adjacent to an activating group) is 2. The number of nitrogens with one attached hydrogen (secondary N) is 1. The molecule has 0 bridgehead atoms. The van der Waals surface area contributed by atoms with Gasteiger partial charge in [-0.15, -0.1) is 0 Å². The van der Waals surface area contributed by atoms with Crippen molar-refractivity contribution in [2.24, 2.45) is 5.92 Å². The van der Waals surface area contributed by atoms with Crippen molar-refractivity contribution < 1.29 is 0 Å². The highest BCUT2D eigenvalue weighted by molar-refractivity contribution is 4.79. The molecule has 1 N–H and O–H groups in total. The van der Waals surface area contributed by atoms with Crippen LogP contribution in [-0.4, -0.2) is 37.6 Å². The zero-order valence-corrected chi connectivity index (χ0v) is 7.93. The Morgan fingerprint density at radius 3 is 2.73 bits per heavy atom. The third kappa shape index (κ3) is 2.80. The second-order valence-electron chi connectivity index (χ2n) is 3.82. The molecule has 0 aromatic rings. The van der Waals surface area contributed by atoms with E-state index in [4.69, 9.17) is 0 Å². The maximum atomic E-state index is 3.50. The highest BCUT2D eigenvalue weighted by Gasteiger charge is 2.20. The van der Waals surface area contributed by atoms with E-state index in [1.807, 2.05) is 0 Å². The van der Waals surface area contributed by atoms with E-state index in [2.05, 4.69) is 31.1 Å². The van der Waals surface area contributed by atoms with Gasteiger partial charge in [-0.05, 0) is 25.9 Å². The van der Waals surface area contributed by atoms with Gasteiger partial charge in [0.25, 0.3) is 0 Å². The lowest BCUT2D eigenvalue weighted by Gasteiger charge is -2.34. The largest absolute Gasteiger partial charge is 0.313 e. The molecule has 11 heavy (non-hydrogen) atoms. The molecule has 2 atom stereocenters. The van der Waals surface area contributed by atoms with Crippen LogP contribution in [0, 0.1) is 5.92 Å². The molecular formula is C9H20N2. The van der Waals surface area contributed by atoms with E-state index >= 15 is 0 Å². The Bertz CT molecular complexity index is 104. The molecule has 2 heteroatoms. The molecule has 0 radical (unpaired) electrons. The Hall–Kier alpha value is -0.0800. The maximum absolute atomic E-state index is 3.50. The smallest absolute Gasteiger partial charge is 0.0197 e. The summed E-state index contributed by atoms with van der Waals surface area (Å²) < 4.78 is 0. The fourth-order valence-corrected chi connectivity index (χ4v) is 2.05. The molecule has 2 unspecified atom stereocenters. The van der Waals surface area contributed by atoms with Crippen molar-refractivity contribution >= 4 is 0 Å². The summed E-state index contributed by atoms with van der Waals surface area (Å²) in [5.74, 6) is 0.859. The Kier molecular flexibility index (Phi) is 3.34. The first-order valence-corrected chi connectivity index (χ1v) is 4.64. The molecule has 0 spiro atoms. The molecule has 0 aromatic carbocycles. The topological polar surface area (TPSA) is 15.3 Å². The van der Waals surface area contributed by atoms with Crippen LogP contribution in [0.15, 0.2) is 0 Å². The number of rotatable bonds is 2. The summed E-state index contributed by atoms with van der Waals surface area (Å²) in [5.41, 5.74) is 0. The van der Waals surface area contributed by atoms with Gasteiger partial charge >= 0.3 is 0 Å². The number of hydrogen-bond donors (Lipinski definition) is 1. The van der Waals surface area contributed by atoms with E-state index in [-0.39, 0.29) is 0 Å². The van der Waals surface area contributed by atoms with Gasteiger partial charge in [-0.1, -0.05) is 13.8 Å². The number of hydrogen-bond acceptors (Lipinski definition) is 2. The maximum Gasteiger partial charge on any atom is 0.0197 e.